The van der Waals surface area contributed by atoms with E-state index in [9.17, 15) is 0 Å². The van der Waals surface area contributed by atoms with Crippen LogP contribution in [0.15, 0.2) is 83.7 Å². The van der Waals surface area contributed by atoms with E-state index in [2.05, 4.69) is 65.2 Å². The second kappa shape index (κ2) is 5.57. The second-order valence-electron chi connectivity index (χ2n) is 5.49. The fourth-order valence-electron chi connectivity index (χ4n) is 2.99. The maximum Gasteiger partial charge on any atom is 0.0995 e. The van der Waals surface area contributed by atoms with Crippen LogP contribution in [0.2, 0.25) is 0 Å². The molecule has 4 aromatic rings. The van der Waals surface area contributed by atoms with E-state index in [1.807, 2.05) is 12.3 Å². The van der Waals surface area contributed by atoms with Crippen LogP contribution in [0.1, 0.15) is 5.56 Å². The van der Waals surface area contributed by atoms with Gasteiger partial charge in [-0.1, -0.05) is 48.5 Å². The van der Waals surface area contributed by atoms with Gasteiger partial charge in [-0.15, -0.1) is 0 Å². The van der Waals surface area contributed by atoms with Gasteiger partial charge in [0.05, 0.1) is 18.2 Å². The highest BCUT2D eigenvalue weighted by Gasteiger charge is 2.11. The first-order chi connectivity index (χ1) is 10.9. The molecule has 0 spiro atoms. The molecular weight excluding hydrogens is 270 g/mol. The summed E-state index contributed by atoms with van der Waals surface area (Å²) >= 11 is 0. The fraction of sp³-hybridized carbons (Fsp3) is 0.100. The third-order valence-electron chi connectivity index (χ3n) is 4.09. The van der Waals surface area contributed by atoms with Crippen molar-refractivity contribution in [2.45, 2.75) is 13.0 Å². The minimum absolute atomic E-state index is 0.956. The maximum absolute atomic E-state index is 5.27. The van der Waals surface area contributed by atoms with Gasteiger partial charge in [0, 0.05) is 23.0 Å². The summed E-state index contributed by atoms with van der Waals surface area (Å²) < 4.78 is 7.65. The smallest absolute Gasteiger partial charge is 0.0995 e. The molecule has 2 aromatic heterocycles. The van der Waals surface area contributed by atoms with Crippen LogP contribution in [-0.2, 0) is 13.0 Å². The number of hydrogen-bond donors (Lipinski definition) is 0. The predicted octanol–water partition coefficient (Wildman–Crippen LogP) is 5.14. The summed E-state index contributed by atoms with van der Waals surface area (Å²) in [5.74, 6) is 0. The summed E-state index contributed by atoms with van der Waals surface area (Å²) in [6.07, 6.45) is 4.56. The molecule has 0 aliphatic heterocycles. The number of furan rings is 1. The van der Waals surface area contributed by atoms with Crippen molar-refractivity contribution in [2.24, 2.45) is 0 Å². The molecular formula is C20H17NO. The summed E-state index contributed by atoms with van der Waals surface area (Å²) in [5, 5.41) is 1.27. The van der Waals surface area contributed by atoms with E-state index in [4.69, 9.17) is 4.42 Å². The van der Waals surface area contributed by atoms with E-state index in [0.717, 1.165) is 18.5 Å². The Labute approximate surface area is 129 Å². The molecule has 0 unspecified atom stereocenters. The number of rotatable bonds is 4. The van der Waals surface area contributed by atoms with Crippen LogP contribution in [0, 0.1) is 0 Å². The van der Waals surface area contributed by atoms with Gasteiger partial charge in [-0.2, -0.15) is 0 Å². The molecule has 2 heterocycles. The lowest BCUT2D eigenvalue weighted by atomic mass is 10.1. The number of benzene rings is 2. The van der Waals surface area contributed by atoms with Gasteiger partial charge in [0.15, 0.2) is 0 Å². The molecule has 0 N–H and O–H groups in total. The van der Waals surface area contributed by atoms with Crippen LogP contribution in [-0.4, -0.2) is 4.57 Å². The van der Waals surface area contributed by atoms with E-state index in [0.29, 0.717) is 0 Å². The maximum atomic E-state index is 5.27. The van der Waals surface area contributed by atoms with E-state index >= 15 is 0 Å². The van der Waals surface area contributed by atoms with Crippen molar-refractivity contribution in [3.05, 3.63) is 84.8 Å². The molecule has 2 nitrogen and oxygen atoms in total. The van der Waals surface area contributed by atoms with Crippen molar-refractivity contribution < 1.29 is 4.42 Å². The summed E-state index contributed by atoms with van der Waals surface area (Å²) in [6, 6.07) is 23.4. The minimum atomic E-state index is 0.956. The van der Waals surface area contributed by atoms with E-state index in [-0.39, 0.29) is 0 Å². The average molecular weight is 287 g/mol. The molecule has 0 bridgehead atoms. The molecule has 22 heavy (non-hydrogen) atoms. The van der Waals surface area contributed by atoms with Gasteiger partial charge < -0.3 is 8.98 Å². The lowest BCUT2D eigenvalue weighted by Crippen LogP contribution is -2.02. The number of fused-ring (bicyclic) bond motifs is 1. The van der Waals surface area contributed by atoms with Gasteiger partial charge in [0.1, 0.15) is 0 Å². The molecule has 0 amide bonds. The Balaban J connectivity index is 1.76. The van der Waals surface area contributed by atoms with Gasteiger partial charge in [-0.05, 0) is 30.2 Å². The highest BCUT2D eigenvalue weighted by molar-refractivity contribution is 5.86. The summed E-state index contributed by atoms with van der Waals surface area (Å²) in [6.45, 7) is 0.956. The van der Waals surface area contributed by atoms with Crippen molar-refractivity contribution in [2.75, 3.05) is 0 Å². The first-order valence-electron chi connectivity index (χ1n) is 7.56. The summed E-state index contributed by atoms with van der Waals surface area (Å²) in [4.78, 5) is 0. The SMILES string of the molecule is c1ccc(CCn2c(-c3ccoc3)cc3ccccc32)cc1. The highest BCUT2D eigenvalue weighted by atomic mass is 16.3. The topological polar surface area (TPSA) is 18.1 Å². The Hall–Kier alpha value is -2.74. The normalized spacial score (nSPS) is 11.1. The third kappa shape index (κ3) is 2.33. The molecule has 4 rings (SSSR count). The van der Waals surface area contributed by atoms with Crippen LogP contribution >= 0.6 is 0 Å². The zero-order valence-corrected chi connectivity index (χ0v) is 12.3. The fourth-order valence-corrected chi connectivity index (χ4v) is 2.99. The van der Waals surface area contributed by atoms with Gasteiger partial charge in [0.25, 0.3) is 0 Å². The van der Waals surface area contributed by atoms with Gasteiger partial charge in [-0.25, -0.2) is 0 Å². The van der Waals surface area contributed by atoms with Crippen LogP contribution in [0.4, 0.5) is 0 Å². The monoisotopic (exact) mass is 287 g/mol. The number of hydrogen-bond acceptors (Lipinski definition) is 1. The van der Waals surface area contributed by atoms with Crippen LogP contribution in [0.5, 0.6) is 0 Å². The first kappa shape index (κ1) is 13.0. The molecule has 0 saturated heterocycles. The standard InChI is InChI=1S/C20H17NO/c1-2-6-16(7-3-1)10-12-21-19-9-5-4-8-17(19)14-20(21)18-11-13-22-15-18/h1-9,11,13-15H,10,12H2. The van der Waals surface area contributed by atoms with Crippen LogP contribution in [0.3, 0.4) is 0 Å². The van der Waals surface area contributed by atoms with Gasteiger partial charge in [-0.3, -0.25) is 0 Å². The van der Waals surface area contributed by atoms with Gasteiger partial charge in [0.2, 0.25) is 0 Å². The zero-order chi connectivity index (χ0) is 14.8. The van der Waals surface area contributed by atoms with Crippen molar-refractivity contribution in [3.8, 4) is 11.3 Å². The Morgan fingerprint density at radius 2 is 1.68 bits per heavy atom. The molecule has 0 atom stereocenters. The van der Waals surface area contributed by atoms with E-state index in [1.54, 1.807) is 6.26 Å². The molecule has 0 aliphatic rings. The van der Waals surface area contributed by atoms with Gasteiger partial charge >= 0.3 is 0 Å². The van der Waals surface area contributed by atoms with E-state index < -0.39 is 0 Å². The number of para-hydroxylation sites is 1. The largest absolute Gasteiger partial charge is 0.472 e. The van der Waals surface area contributed by atoms with Crippen molar-refractivity contribution in [1.82, 2.24) is 4.57 Å². The number of nitrogens with zero attached hydrogens (tertiary/aromatic N) is 1. The van der Waals surface area contributed by atoms with Crippen molar-refractivity contribution >= 4 is 10.9 Å². The third-order valence-corrected chi connectivity index (χ3v) is 4.09. The minimum Gasteiger partial charge on any atom is -0.472 e. The summed E-state index contributed by atoms with van der Waals surface area (Å²) in [7, 11) is 0. The van der Waals surface area contributed by atoms with E-state index in [1.165, 1.54) is 22.2 Å². The zero-order valence-electron chi connectivity index (χ0n) is 12.3. The summed E-state index contributed by atoms with van der Waals surface area (Å²) in [5.41, 5.74) is 4.98. The quantitative estimate of drug-likeness (QED) is 0.508. The second-order valence-corrected chi connectivity index (χ2v) is 5.49. The van der Waals surface area contributed by atoms with Crippen molar-refractivity contribution in [1.29, 1.82) is 0 Å². The van der Waals surface area contributed by atoms with Crippen molar-refractivity contribution in [3.63, 3.8) is 0 Å². The lowest BCUT2D eigenvalue weighted by molar-refractivity contribution is 0.567. The number of aryl methyl sites for hydroxylation is 2. The Morgan fingerprint density at radius 3 is 2.50 bits per heavy atom. The first-order valence-corrected chi connectivity index (χ1v) is 7.56. The molecule has 0 aliphatic carbocycles. The molecule has 0 fully saturated rings. The Kier molecular flexibility index (Phi) is 3.28. The van der Waals surface area contributed by atoms with Crippen LogP contribution in [0.25, 0.3) is 22.2 Å². The molecule has 0 saturated carbocycles. The Bertz CT molecular complexity index is 873. The molecule has 2 aromatic carbocycles. The molecule has 108 valence electrons. The number of aromatic nitrogens is 1. The van der Waals surface area contributed by atoms with Crippen LogP contribution < -0.4 is 0 Å². The molecule has 0 radical (unpaired) electrons. The lowest BCUT2D eigenvalue weighted by Gasteiger charge is -2.10. The highest BCUT2D eigenvalue weighted by Crippen LogP contribution is 2.28. The predicted molar refractivity (Wildman–Crippen MR) is 89.8 cm³/mol. The Morgan fingerprint density at radius 1 is 0.864 bits per heavy atom. The molecule has 2 heteroatoms. The average Bonchev–Trinajstić information content (AvgIpc) is 3.21.